The van der Waals surface area contributed by atoms with Crippen LogP contribution in [0.5, 0.6) is 0 Å². The molecular formula is C20H21N3. The molecule has 0 saturated heterocycles. The molecule has 2 aliphatic rings. The molecule has 0 aliphatic carbocycles. The van der Waals surface area contributed by atoms with Crippen LogP contribution in [0.15, 0.2) is 42.7 Å². The first-order chi connectivity index (χ1) is 11.2. The van der Waals surface area contributed by atoms with Crippen LogP contribution in [0.2, 0.25) is 0 Å². The summed E-state index contributed by atoms with van der Waals surface area (Å²) in [6, 6.07) is 11.7. The summed E-state index contributed by atoms with van der Waals surface area (Å²) in [7, 11) is 2.25. The quantitative estimate of drug-likeness (QED) is 0.680. The summed E-state index contributed by atoms with van der Waals surface area (Å²) in [4.78, 5) is 6.68. The second kappa shape index (κ2) is 4.68. The van der Waals surface area contributed by atoms with Crippen molar-refractivity contribution in [3.05, 3.63) is 65.1 Å². The predicted molar refractivity (Wildman–Crippen MR) is 92.7 cm³/mol. The van der Waals surface area contributed by atoms with Gasteiger partial charge in [0, 0.05) is 48.0 Å². The molecule has 3 heteroatoms. The van der Waals surface area contributed by atoms with Gasteiger partial charge in [-0.05, 0) is 55.8 Å². The molecular weight excluding hydrogens is 282 g/mol. The summed E-state index contributed by atoms with van der Waals surface area (Å²) in [5.74, 6) is 0.648. The lowest BCUT2D eigenvalue weighted by atomic mass is 9.91. The molecule has 0 amide bonds. The van der Waals surface area contributed by atoms with E-state index in [0.29, 0.717) is 12.0 Å². The summed E-state index contributed by atoms with van der Waals surface area (Å²) in [5, 5.41) is 1.45. The molecule has 3 aromatic rings. The number of hydrogen-bond donors (Lipinski definition) is 0. The first-order valence-corrected chi connectivity index (χ1v) is 8.44. The molecule has 5 rings (SSSR count). The average molecular weight is 303 g/mol. The molecule has 2 unspecified atom stereocenters. The van der Waals surface area contributed by atoms with Crippen molar-refractivity contribution in [3.63, 3.8) is 0 Å². The van der Waals surface area contributed by atoms with Gasteiger partial charge in [-0.15, -0.1) is 0 Å². The van der Waals surface area contributed by atoms with Gasteiger partial charge in [-0.1, -0.05) is 11.6 Å². The number of fused-ring (bicyclic) bond motifs is 3. The summed E-state index contributed by atoms with van der Waals surface area (Å²) in [5.41, 5.74) is 7.28. The Morgan fingerprint density at radius 2 is 1.96 bits per heavy atom. The van der Waals surface area contributed by atoms with Gasteiger partial charge >= 0.3 is 0 Å². The van der Waals surface area contributed by atoms with E-state index in [4.69, 9.17) is 0 Å². The van der Waals surface area contributed by atoms with Crippen LogP contribution in [-0.4, -0.2) is 28.0 Å². The van der Waals surface area contributed by atoms with Crippen molar-refractivity contribution < 1.29 is 0 Å². The van der Waals surface area contributed by atoms with Crippen LogP contribution in [0.4, 0.5) is 0 Å². The van der Waals surface area contributed by atoms with E-state index in [0.717, 1.165) is 6.54 Å². The minimum Gasteiger partial charge on any atom is -0.336 e. The highest BCUT2D eigenvalue weighted by Gasteiger charge is 2.39. The molecule has 2 aliphatic heterocycles. The Morgan fingerprint density at radius 3 is 2.78 bits per heavy atom. The highest BCUT2D eigenvalue weighted by atomic mass is 15.2. The minimum atomic E-state index is 0.448. The zero-order valence-electron chi connectivity index (χ0n) is 13.7. The fourth-order valence-electron chi connectivity index (χ4n) is 4.69. The van der Waals surface area contributed by atoms with E-state index in [1.807, 2.05) is 12.4 Å². The van der Waals surface area contributed by atoms with Crippen molar-refractivity contribution in [2.75, 3.05) is 13.6 Å². The van der Waals surface area contributed by atoms with Crippen molar-refractivity contribution >= 4 is 10.9 Å². The molecule has 0 radical (unpaired) electrons. The molecule has 0 saturated carbocycles. The number of aryl methyl sites for hydroxylation is 1. The summed E-state index contributed by atoms with van der Waals surface area (Å²) in [6.45, 7) is 4.44. The normalized spacial score (nSPS) is 23.4. The van der Waals surface area contributed by atoms with E-state index in [2.05, 4.69) is 58.8 Å². The van der Waals surface area contributed by atoms with Gasteiger partial charge in [0.25, 0.3) is 0 Å². The van der Waals surface area contributed by atoms with Crippen LogP contribution >= 0.6 is 0 Å². The van der Waals surface area contributed by atoms with E-state index in [1.54, 1.807) is 11.3 Å². The lowest BCUT2D eigenvalue weighted by molar-refractivity contribution is 0.282. The van der Waals surface area contributed by atoms with E-state index in [-0.39, 0.29) is 0 Å². The van der Waals surface area contributed by atoms with Crippen molar-refractivity contribution in [1.29, 1.82) is 0 Å². The number of pyridine rings is 1. The Balaban J connectivity index is 1.80. The number of rotatable bonds is 1. The summed E-state index contributed by atoms with van der Waals surface area (Å²) < 4.78 is 2.62. The van der Waals surface area contributed by atoms with Crippen LogP contribution in [0, 0.1) is 6.92 Å². The van der Waals surface area contributed by atoms with Crippen molar-refractivity contribution in [3.8, 4) is 0 Å². The Morgan fingerprint density at radius 1 is 1.13 bits per heavy atom. The molecule has 0 N–H and O–H groups in total. The molecule has 3 nitrogen and oxygen atoms in total. The summed E-state index contributed by atoms with van der Waals surface area (Å²) >= 11 is 0. The van der Waals surface area contributed by atoms with Gasteiger partial charge in [0.1, 0.15) is 0 Å². The Hall–Kier alpha value is -2.13. The van der Waals surface area contributed by atoms with Gasteiger partial charge in [-0.2, -0.15) is 0 Å². The third kappa shape index (κ3) is 1.83. The predicted octanol–water partition coefficient (Wildman–Crippen LogP) is 3.87. The van der Waals surface area contributed by atoms with Crippen LogP contribution in [-0.2, 0) is 6.54 Å². The molecule has 4 heterocycles. The SMILES string of the molecule is Cc1ccc2c(c1)c1c3n2C(c2ccncc2)CC3CN(C)C1. The van der Waals surface area contributed by atoms with Crippen molar-refractivity contribution in [1.82, 2.24) is 14.5 Å². The fraction of sp³-hybridized carbons (Fsp3) is 0.350. The maximum Gasteiger partial charge on any atom is 0.0596 e. The molecule has 2 atom stereocenters. The molecule has 2 aromatic heterocycles. The number of aromatic nitrogens is 2. The molecule has 0 bridgehead atoms. The zero-order valence-corrected chi connectivity index (χ0v) is 13.7. The number of hydrogen-bond acceptors (Lipinski definition) is 2. The van der Waals surface area contributed by atoms with Crippen LogP contribution in [0.3, 0.4) is 0 Å². The molecule has 1 aromatic carbocycles. The zero-order chi connectivity index (χ0) is 15.6. The maximum atomic E-state index is 4.20. The van der Waals surface area contributed by atoms with E-state index in [9.17, 15) is 0 Å². The smallest absolute Gasteiger partial charge is 0.0596 e. The first kappa shape index (κ1) is 13.3. The summed E-state index contributed by atoms with van der Waals surface area (Å²) in [6.07, 6.45) is 5.05. The lowest BCUT2D eigenvalue weighted by Crippen LogP contribution is -2.28. The molecule has 23 heavy (non-hydrogen) atoms. The molecule has 116 valence electrons. The third-order valence-corrected chi connectivity index (χ3v) is 5.56. The van der Waals surface area contributed by atoms with Crippen molar-refractivity contribution in [2.45, 2.75) is 31.8 Å². The van der Waals surface area contributed by atoms with Crippen LogP contribution in [0.25, 0.3) is 10.9 Å². The van der Waals surface area contributed by atoms with Gasteiger partial charge in [0.2, 0.25) is 0 Å². The average Bonchev–Trinajstić information content (AvgIpc) is 3.08. The number of benzene rings is 1. The lowest BCUT2D eigenvalue weighted by Gasteiger charge is -2.27. The van der Waals surface area contributed by atoms with E-state index < -0.39 is 0 Å². The minimum absolute atomic E-state index is 0.448. The Bertz CT molecular complexity index is 894. The standard InChI is InChI=1S/C20H21N3/c1-13-3-4-18-16(9-13)17-12-22(2)11-15-10-19(23(18)20(15)17)14-5-7-21-8-6-14/h3-9,15,19H,10-12H2,1-2H3. The Labute approximate surface area is 136 Å². The first-order valence-electron chi connectivity index (χ1n) is 8.44. The van der Waals surface area contributed by atoms with Crippen LogP contribution < -0.4 is 0 Å². The van der Waals surface area contributed by atoms with E-state index in [1.165, 1.54) is 35.0 Å². The topological polar surface area (TPSA) is 21.1 Å². The van der Waals surface area contributed by atoms with Crippen molar-refractivity contribution in [2.24, 2.45) is 0 Å². The Kier molecular flexibility index (Phi) is 2.71. The van der Waals surface area contributed by atoms with Crippen LogP contribution in [0.1, 0.15) is 40.8 Å². The van der Waals surface area contributed by atoms with Gasteiger partial charge in [0.15, 0.2) is 0 Å². The van der Waals surface area contributed by atoms with Gasteiger partial charge in [-0.3, -0.25) is 4.98 Å². The maximum absolute atomic E-state index is 4.20. The number of likely N-dealkylation sites (N-methyl/N-ethyl adjacent to an activating group) is 1. The largest absolute Gasteiger partial charge is 0.336 e. The van der Waals surface area contributed by atoms with Gasteiger partial charge < -0.3 is 9.47 Å². The second-order valence-corrected chi connectivity index (χ2v) is 7.18. The molecule has 0 fully saturated rings. The van der Waals surface area contributed by atoms with E-state index >= 15 is 0 Å². The van der Waals surface area contributed by atoms with Gasteiger partial charge in [-0.25, -0.2) is 0 Å². The highest BCUT2D eigenvalue weighted by Crippen LogP contribution is 2.48. The molecule has 0 spiro atoms. The van der Waals surface area contributed by atoms with Gasteiger partial charge in [0.05, 0.1) is 6.04 Å². The highest BCUT2D eigenvalue weighted by molar-refractivity contribution is 5.87. The second-order valence-electron chi connectivity index (χ2n) is 7.18. The number of nitrogens with zero attached hydrogens (tertiary/aromatic N) is 3. The third-order valence-electron chi connectivity index (χ3n) is 5.56. The fourth-order valence-corrected chi connectivity index (χ4v) is 4.69. The monoisotopic (exact) mass is 303 g/mol.